The first-order valence-corrected chi connectivity index (χ1v) is 7.60. The van der Waals surface area contributed by atoms with Crippen LogP contribution >= 0.6 is 15.9 Å². The molecule has 2 unspecified atom stereocenters. The molecule has 0 spiro atoms. The van der Waals surface area contributed by atoms with Crippen LogP contribution in [0.5, 0.6) is 0 Å². The molecule has 0 radical (unpaired) electrons. The molecular weight excluding hydrogens is 334 g/mol. The molecule has 0 saturated carbocycles. The first kappa shape index (κ1) is 15.8. The molecule has 104 valence electrons. The van der Waals surface area contributed by atoms with Crippen LogP contribution in [0.2, 0.25) is 0 Å². The summed E-state index contributed by atoms with van der Waals surface area (Å²) in [4.78, 5) is 22.9. The van der Waals surface area contributed by atoms with E-state index in [2.05, 4.69) is 21.2 Å². The smallest absolute Gasteiger partial charge is 0.336 e. The van der Waals surface area contributed by atoms with Crippen LogP contribution < -0.4 is 5.32 Å². The number of aromatic carboxylic acids is 1. The zero-order chi connectivity index (χ0) is 14.6. The Kier molecular flexibility index (Phi) is 5.68. The SMILES string of the molecule is CCNC(=O)C(C)S(=O)c1ccc(Br)c(C(=O)O)c1. The molecule has 0 aromatic heterocycles. The summed E-state index contributed by atoms with van der Waals surface area (Å²) < 4.78 is 12.6. The highest BCUT2D eigenvalue weighted by molar-refractivity contribution is 9.10. The summed E-state index contributed by atoms with van der Waals surface area (Å²) in [5.41, 5.74) is 0.0222. The van der Waals surface area contributed by atoms with Gasteiger partial charge in [0.1, 0.15) is 5.25 Å². The van der Waals surface area contributed by atoms with E-state index in [0.29, 0.717) is 15.9 Å². The first-order valence-electron chi connectivity index (χ1n) is 5.59. The topological polar surface area (TPSA) is 83.5 Å². The number of hydrogen-bond acceptors (Lipinski definition) is 3. The van der Waals surface area contributed by atoms with Crippen LogP contribution in [0.1, 0.15) is 24.2 Å². The Morgan fingerprint density at radius 1 is 1.47 bits per heavy atom. The Morgan fingerprint density at radius 3 is 2.63 bits per heavy atom. The van der Waals surface area contributed by atoms with Crippen LogP contribution in [-0.2, 0) is 15.6 Å². The number of hydrogen-bond donors (Lipinski definition) is 2. The molecule has 0 aliphatic carbocycles. The van der Waals surface area contributed by atoms with E-state index in [9.17, 15) is 13.8 Å². The van der Waals surface area contributed by atoms with Crippen LogP contribution in [0.25, 0.3) is 0 Å². The van der Waals surface area contributed by atoms with Crippen LogP contribution in [-0.4, -0.2) is 33.0 Å². The number of carbonyl (C=O) groups is 2. The van der Waals surface area contributed by atoms with Gasteiger partial charge in [0.05, 0.1) is 16.4 Å². The number of carbonyl (C=O) groups excluding carboxylic acids is 1. The van der Waals surface area contributed by atoms with Crippen LogP contribution in [0, 0.1) is 0 Å². The minimum absolute atomic E-state index is 0.0222. The highest BCUT2D eigenvalue weighted by Gasteiger charge is 2.22. The average Bonchev–Trinajstić information content (AvgIpc) is 2.37. The minimum atomic E-state index is -1.59. The summed E-state index contributed by atoms with van der Waals surface area (Å²) >= 11 is 3.11. The molecule has 0 saturated heterocycles. The number of carboxylic acid groups (broad SMARTS) is 1. The maximum atomic E-state index is 12.2. The first-order chi connectivity index (χ1) is 8.88. The molecule has 0 heterocycles. The molecule has 1 amide bonds. The summed E-state index contributed by atoms with van der Waals surface area (Å²) in [5.74, 6) is -1.43. The van der Waals surface area contributed by atoms with Crippen molar-refractivity contribution in [3.63, 3.8) is 0 Å². The maximum absolute atomic E-state index is 12.2. The Labute approximate surface area is 122 Å². The molecule has 5 nitrogen and oxygen atoms in total. The van der Waals surface area contributed by atoms with Gasteiger partial charge in [0.15, 0.2) is 0 Å². The van der Waals surface area contributed by atoms with Crippen molar-refractivity contribution in [2.24, 2.45) is 0 Å². The third-order valence-electron chi connectivity index (χ3n) is 2.44. The summed E-state index contributed by atoms with van der Waals surface area (Å²) in [5, 5.41) is 10.8. The third-order valence-corrected chi connectivity index (χ3v) is 4.71. The summed E-state index contributed by atoms with van der Waals surface area (Å²) in [6.45, 7) is 3.78. The van der Waals surface area contributed by atoms with Crippen molar-refractivity contribution in [2.45, 2.75) is 24.0 Å². The highest BCUT2D eigenvalue weighted by atomic mass is 79.9. The second-order valence-electron chi connectivity index (χ2n) is 3.78. The van der Waals surface area contributed by atoms with Crippen molar-refractivity contribution in [2.75, 3.05) is 6.54 Å². The van der Waals surface area contributed by atoms with E-state index in [1.54, 1.807) is 19.9 Å². The lowest BCUT2D eigenvalue weighted by atomic mass is 10.2. The van der Waals surface area contributed by atoms with Crippen molar-refractivity contribution in [3.8, 4) is 0 Å². The lowest BCUT2D eigenvalue weighted by molar-refractivity contribution is -0.120. The van der Waals surface area contributed by atoms with Crippen LogP contribution in [0.15, 0.2) is 27.6 Å². The lowest BCUT2D eigenvalue weighted by Gasteiger charge is -2.12. The monoisotopic (exact) mass is 347 g/mol. The van der Waals surface area contributed by atoms with Crippen molar-refractivity contribution in [1.29, 1.82) is 0 Å². The Morgan fingerprint density at radius 2 is 2.11 bits per heavy atom. The average molecular weight is 348 g/mol. The largest absolute Gasteiger partial charge is 0.478 e. The Bertz CT molecular complexity index is 532. The second kappa shape index (κ2) is 6.81. The van der Waals surface area contributed by atoms with Gasteiger partial charge in [-0.2, -0.15) is 0 Å². The molecule has 19 heavy (non-hydrogen) atoms. The Hall–Kier alpha value is -1.21. The summed E-state index contributed by atoms with van der Waals surface area (Å²) in [6.07, 6.45) is 0. The summed E-state index contributed by atoms with van der Waals surface area (Å²) in [6, 6.07) is 4.38. The van der Waals surface area contributed by atoms with Gasteiger partial charge in [0.2, 0.25) is 5.91 Å². The summed E-state index contributed by atoms with van der Waals surface area (Å²) in [7, 11) is -1.59. The predicted molar refractivity (Wildman–Crippen MR) is 75.7 cm³/mol. The number of carboxylic acids is 1. The molecule has 0 bridgehead atoms. The van der Waals surface area contributed by atoms with Crippen molar-refractivity contribution < 1.29 is 18.9 Å². The van der Waals surface area contributed by atoms with Gasteiger partial charge in [-0.1, -0.05) is 0 Å². The van der Waals surface area contributed by atoms with Crippen LogP contribution in [0.3, 0.4) is 0 Å². The molecule has 0 aliphatic heterocycles. The van der Waals surface area contributed by atoms with Gasteiger partial charge >= 0.3 is 5.97 Å². The quantitative estimate of drug-likeness (QED) is 0.850. The van der Waals surface area contributed by atoms with Gasteiger partial charge in [-0.25, -0.2) is 4.79 Å². The van der Waals surface area contributed by atoms with E-state index in [1.165, 1.54) is 12.1 Å². The van der Waals surface area contributed by atoms with Gasteiger partial charge in [-0.3, -0.25) is 9.00 Å². The van der Waals surface area contributed by atoms with E-state index < -0.39 is 22.0 Å². The number of benzene rings is 1. The second-order valence-corrected chi connectivity index (χ2v) is 6.41. The molecule has 1 aromatic carbocycles. The molecule has 0 aliphatic rings. The number of nitrogens with one attached hydrogen (secondary N) is 1. The van der Waals surface area contributed by atoms with Crippen molar-refractivity contribution in [3.05, 3.63) is 28.2 Å². The van der Waals surface area contributed by atoms with Crippen LogP contribution in [0.4, 0.5) is 0 Å². The van der Waals surface area contributed by atoms with E-state index >= 15 is 0 Å². The lowest BCUT2D eigenvalue weighted by Crippen LogP contribution is -2.35. The predicted octanol–water partition coefficient (Wildman–Crippen LogP) is 1.78. The van der Waals surface area contributed by atoms with Gasteiger partial charge in [-0.05, 0) is 48.0 Å². The number of amides is 1. The van der Waals surface area contributed by atoms with Crippen molar-refractivity contribution >= 4 is 38.6 Å². The van der Waals surface area contributed by atoms with E-state index in [0.717, 1.165) is 0 Å². The zero-order valence-electron chi connectivity index (χ0n) is 10.5. The molecule has 2 N–H and O–H groups in total. The molecule has 2 atom stereocenters. The fourth-order valence-corrected chi connectivity index (χ4v) is 2.95. The minimum Gasteiger partial charge on any atom is -0.478 e. The van der Waals surface area contributed by atoms with Gasteiger partial charge in [0, 0.05) is 15.9 Å². The fraction of sp³-hybridized carbons (Fsp3) is 0.333. The maximum Gasteiger partial charge on any atom is 0.336 e. The molecule has 7 heteroatoms. The van der Waals surface area contributed by atoms with E-state index in [4.69, 9.17) is 5.11 Å². The number of rotatable bonds is 5. The standard InChI is InChI=1S/C12H14BrNO4S/c1-3-14-11(15)7(2)19(18)8-4-5-10(13)9(6-8)12(16)17/h4-7H,3H2,1-2H3,(H,14,15)(H,16,17). The zero-order valence-corrected chi connectivity index (χ0v) is 12.9. The van der Waals surface area contributed by atoms with Crippen molar-refractivity contribution in [1.82, 2.24) is 5.32 Å². The van der Waals surface area contributed by atoms with Gasteiger partial charge in [-0.15, -0.1) is 0 Å². The highest BCUT2D eigenvalue weighted by Crippen LogP contribution is 2.21. The van der Waals surface area contributed by atoms with Gasteiger partial charge < -0.3 is 10.4 Å². The number of halogens is 1. The molecule has 1 aromatic rings. The fourth-order valence-electron chi connectivity index (χ4n) is 1.41. The van der Waals surface area contributed by atoms with E-state index in [-0.39, 0.29) is 11.5 Å². The van der Waals surface area contributed by atoms with Gasteiger partial charge in [0.25, 0.3) is 0 Å². The normalized spacial score (nSPS) is 13.6. The molecule has 0 fully saturated rings. The molecule has 1 rings (SSSR count). The molecular formula is C12H14BrNO4S. The Balaban J connectivity index is 3.03. The van der Waals surface area contributed by atoms with E-state index in [1.807, 2.05) is 0 Å². The third kappa shape index (κ3) is 3.87.